The molecule has 0 unspecified atom stereocenters. The maximum atomic E-state index is 12.5. The number of H-pyrrole nitrogens is 1. The number of ether oxygens (including phenoxy) is 1. The number of halogens is 1. The Morgan fingerprint density at radius 3 is 2.23 bits per heavy atom. The number of rotatable bonds is 7. The van der Waals surface area contributed by atoms with Crippen LogP contribution in [0.3, 0.4) is 0 Å². The molecular weight excluding hydrogens is 414 g/mol. The van der Waals surface area contributed by atoms with Crippen LogP contribution in [0.4, 0.5) is 5.69 Å². The number of aromatic amines is 1. The lowest BCUT2D eigenvalue weighted by Gasteiger charge is -2.20. The Labute approximate surface area is 187 Å². The molecule has 0 spiro atoms. The van der Waals surface area contributed by atoms with Crippen LogP contribution in [0.25, 0.3) is 11.3 Å². The summed E-state index contributed by atoms with van der Waals surface area (Å²) in [5.74, 6) is -0.550. The van der Waals surface area contributed by atoms with Crippen LogP contribution >= 0.6 is 11.6 Å². The normalized spacial score (nSPS) is 11.1. The molecule has 2 aromatic carbocycles. The largest absolute Gasteiger partial charge is 0.451 e. The van der Waals surface area contributed by atoms with E-state index in [0.717, 1.165) is 22.4 Å². The van der Waals surface area contributed by atoms with Crippen LogP contribution in [0, 0.1) is 0 Å². The summed E-state index contributed by atoms with van der Waals surface area (Å²) in [7, 11) is 0. The number of benzene rings is 2. The number of nitrogens with one attached hydrogen (secondary N) is 2. The second-order valence-electron chi connectivity index (χ2n) is 7.92. The molecule has 1 aromatic heterocycles. The van der Waals surface area contributed by atoms with Gasteiger partial charge in [-0.25, -0.2) is 4.79 Å². The van der Waals surface area contributed by atoms with Gasteiger partial charge in [-0.15, -0.1) is 0 Å². The maximum Gasteiger partial charge on any atom is 0.356 e. The molecule has 7 heteroatoms. The van der Waals surface area contributed by atoms with Crippen molar-refractivity contribution in [3.8, 4) is 11.3 Å². The van der Waals surface area contributed by atoms with E-state index in [-0.39, 0.29) is 23.4 Å². The highest BCUT2D eigenvalue weighted by Crippen LogP contribution is 2.32. The van der Waals surface area contributed by atoms with E-state index in [1.807, 2.05) is 18.2 Å². The van der Waals surface area contributed by atoms with Gasteiger partial charge >= 0.3 is 5.97 Å². The Bertz CT molecular complexity index is 1050. The fourth-order valence-electron chi connectivity index (χ4n) is 3.27. The molecule has 1 heterocycles. The van der Waals surface area contributed by atoms with Gasteiger partial charge in [0.1, 0.15) is 5.69 Å². The van der Waals surface area contributed by atoms with Crippen molar-refractivity contribution in [1.29, 1.82) is 0 Å². The van der Waals surface area contributed by atoms with Gasteiger partial charge in [-0.05, 0) is 41.2 Å². The summed E-state index contributed by atoms with van der Waals surface area (Å²) in [5, 5.41) is 10.3. The van der Waals surface area contributed by atoms with Gasteiger partial charge in [0, 0.05) is 16.3 Å². The second kappa shape index (κ2) is 9.79. The lowest BCUT2D eigenvalue weighted by atomic mass is 9.92. The third-order valence-electron chi connectivity index (χ3n) is 4.91. The Morgan fingerprint density at radius 1 is 1.03 bits per heavy atom. The van der Waals surface area contributed by atoms with Crippen molar-refractivity contribution < 1.29 is 14.3 Å². The van der Waals surface area contributed by atoms with Crippen molar-refractivity contribution in [1.82, 2.24) is 10.2 Å². The van der Waals surface area contributed by atoms with Gasteiger partial charge in [-0.2, -0.15) is 5.10 Å². The summed E-state index contributed by atoms with van der Waals surface area (Å²) in [6.07, 6.45) is 0. The number of nitrogens with zero attached hydrogens (tertiary/aromatic N) is 1. The fourth-order valence-corrected chi connectivity index (χ4v) is 3.40. The average molecular weight is 440 g/mol. The molecule has 0 aliphatic heterocycles. The molecule has 3 rings (SSSR count). The van der Waals surface area contributed by atoms with Gasteiger partial charge in [0.05, 0.1) is 5.69 Å². The van der Waals surface area contributed by atoms with Crippen molar-refractivity contribution >= 4 is 29.2 Å². The van der Waals surface area contributed by atoms with Crippen molar-refractivity contribution in [2.24, 2.45) is 0 Å². The van der Waals surface area contributed by atoms with Crippen LogP contribution in [0.5, 0.6) is 0 Å². The molecule has 162 valence electrons. The van der Waals surface area contributed by atoms with E-state index in [4.69, 9.17) is 16.3 Å². The second-order valence-corrected chi connectivity index (χ2v) is 8.36. The molecule has 2 N–H and O–H groups in total. The first-order valence-corrected chi connectivity index (χ1v) is 10.5. The Kier molecular flexibility index (Phi) is 7.13. The van der Waals surface area contributed by atoms with Crippen molar-refractivity contribution in [3.05, 3.63) is 70.4 Å². The number of para-hydroxylation sites is 1. The molecule has 0 saturated carbocycles. The molecule has 31 heavy (non-hydrogen) atoms. The Morgan fingerprint density at radius 2 is 1.65 bits per heavy atom. The molecule has 0 fully saturated rings. The van der Waals surface area contributed by atoms with Gasteiger partial charge < -0.3 is 10.1 Å². The minimum Gasteiger partial charge on any atom is -0.451 e. The van der Waals surface area contributed by atoms with E-state index in [0.29, 0.717) is 10.7 Å². The monoisotopic (exact) mass is 439 g/mol. The average Bonchev–Trinajstić information content (AvgIpc) is 3.22. The number of amides is 1. The van der Waals surface area contributed by atoms with Gasteiger partial charge in [0.25, 0.3) is 5.91 Å². The SMILES string of the molecule is CC(C)c1cccc(C(C)C)c1NC(=O)COC(=O)c1cc(-c2ccc(Cl)cc2)n[nH]1. The lowest BCUT2D eigenvalue weighted by molar-refractivity contribution is -0.119. The van der Waals surface area contributed by atoms with E-state index >= 15 is 0 Å². The molecule has 0 radical (unpaired) electrons. The van der Waals surface area contributed by atoms with Crippen molar-refractivity contribution in [3.63, 3.8) is 0 Å². The molecule has 0 atom stereocenters. The number of carbonyl (C=O) groups excluding carboxylic acids is 2. The summed E-state index contributed by atoms with van der Waals surface area (Å²) < 4.78 is 5.19. The van der Waals surface area contributed by atoms with Crippen LogP contribution in [0.15, 0.2) is 48.5 Å². The summed E-state index contributed by atoms with van der Waals surface area (Å²) >= 11 is 5.90. The third-order valence-corrected chi connectivity index (χ3v) is 5.16. The van der Waals surface area contributed by atoms with Crippen LogP contribution in [-0.4, -0.2) is 28.7 Å². The van der Waals surface area contributed by atoms with Gasteiger partial charge in [0.15, 0.2) is 6.61 Å². The Hall–Kier alpha value is -3.12. The number of carbonyl (C=O) groups is 2. The van der Waals surface area contributed by atoms with Crippen LogP contribution < -0.4 is 5.32 Å². The predicted molar refractivity (Wildman–Crippen MR) is 123 cm³/mol. The zero-order valence-electron chi connectivity index (χ0n) is 18.0. The first-order valence-electron chi connectivity index (χ1n) is 10.2. The molecule has 1 amide bonds. The highest BCUT2D eigenvalue weighted by Gasteiger charge is 2.18. The number of anilines is 1. The number of hydrogen-bond acceptors (Lipinski definition) is 4. The van der Waals surface area contributed by atoms with Crippen LogP contribution in [-0.2, 0) is 9.53 Å². The Balaban J connectivity index is 1.65. The van der Waals surface area contributed by atoms with E-state index < -0.39 is 12.6 Å². The van der Waals surface area contributed by atoms with Crippen molar-refractivity contribution in [2.45, 2.75) is 39.5 Å². The van der Waals surface area contributed by atoms with E-state index in [2.05, 4.69) is 43.2 Å². The smallest absolute Gasteiger partial charge is 0.356 e. The number of aromatic nitrogens is 2. The fraction of sp³-hybridized carbons (Fsp3) is 0.292. The lowest BCUT2D eigenvalue weighted by Crippen LogP contribution is -2.22. The minimum atomic E-state index is -0.649. The van der Waals surface area contributed by atoms with Crippen LogP contribution in [0.1, 0.15) is 61.1 Å². The third kappa shape index (κ3) is 5.52. The molecule has 0 aliphatic rings. The van der Waals surface area contributed by atoms with E-state index in [1.165, 1.54) is 0 Å². The molecule has 0 bridgehead atoms. The summed E-state index contributed by atoms with van der Waals surface area (Å²) in [4.78, 5) is 24.9. The standard InChI is InChI=1S/C24H26ClN3O3/c1-14(2)18-6-5-7-19(15(3)4)23(18)26-22(29)13-31-24(30)21-12-20(27-28-21)16-8-10-17(25)11-9-16/h5-12,14-15H,13H2,1-4H3,(H,26,29)(H,27,28). The van der Waals surface area contributed by atoms with Gasteiger partial charge in [-0.1, -0.05) is 69.6 Å². The van der Waals surface area contributed by atoms with Crippen LogP contribution in [0.2, 0.25) is 5.02 Å². The zero-order chi connectivity index (χ0) is 22.5. The summed E-state index contributed by atoms with van der Waals surface area (Å²) in [6, 6.07) is 14.7. The quantitative estimate of drug-likeness (QED) is 0.457. The summed E-state index contributed by atoms with van der Waals surface area (Å²) in [6.45, 7) is 7.91. The highest BCUT2D eigenvalue weighted by atomic mass is 35.5. The summed E-state index contributed by atoms with van der Waals surface area (Å²) in [5.41, 5.74) is 4.45. The molecular formula is C24H26ClN3O3. The van der Waals surface area contributed by atoms with Gasteiger partial charge in [-0.3, -0.25) is 9.89 Å². The number of hydrogen-bond donors (Lipinski definition) is 2. The van der Waals surface area contributed by atoms with E-state index in [1.54, 1.807) is 30.3 Å². The topological polar surface area (TPSA) is 84.1 Å². The molecule has 0 aliphatic carbocycles. The minimum absolute atomic E-state index is 0.170. The van der Waals surface area contributed by atoms with Gasteiger partial charge in [0.2, 0.25) is 0 Å². The van der Waals surface area contributed by atoms with E-state index in [9.17, 15) is 9.59 Å². The zero-order valence-corrected chi connectivity index (χ0v) is 18.8. The highest BCUT2D eigenvalue weighted by molar-refractivity contribution is 6.30. The van der Waals surface area contributed by atoms with Crippen molar-refractivity contribution in [2.75, 3.05) is 11.9 Å². The maximum absolute atomic E-state index is 12.5. The first-order chi connectivity index (χ1) is 14.8. The molecule has 0 saturated heterocycles. The number of esters is 1. The predicted octanol–water partition coefficient (Wildman–Crippen LogP) is 5.77. The molecule has 3 aromatic rings. The first kappa shape index (κ1) is 22.6. The molecule has 6 nitrogen and oxygen atoms in total.